The lowest BCUT2D eigenvalue weighted by atomic mass is 9.89. The fourth-order valence-corrected chi connectivity index (χ4v) is 3.16. The van der Waals surface area contributed by atoms with Crippen LogP contribution in [0.5, 0.6) is 0 Å². The Bertz CT molecular complexity index is 618. The predicted octanol–water partition coefficient (Wildman–Crippen LogP) is 2.11. The summed E-state index contributed by atoms with van der Waals surface area (Å²) >= 11 is 6.04. The van der Waals surface area contributed by atoms with Crippen molar-refractivity contribution in [1.29, 1.82) is 0 Å². The van der Waals surface area contributed by atoms with Crippen LogP contribution in [0.2, 0.25) is 5.02 Å². The van der Waals surface area contributed by atoms with E-state index in [-0.39, 0.29) is 35.8 Å². The van der Waals surface area contributed by atoms with Gasteiger partial charge in [0.05, 0.1) is 6.54 Å². The van der Waals surface area contributed by atoms with Crippen molar-refractivity contribution in [3.8, 4) is 0 Å². The number of rotatable bonds is 3. The molecule has 0 aromatic heterocycles. The normalized spacial score (nSPS) is 26.0. The molecule has 1 atom stereocenters. The Morgan fingerprint density at radius 1 is 1.43 bits per heavy atom. The number of carbonyl (C=O) groups excluding carboxylic acids is 2. The second kappa shape index (κ2) is 4.98. The third-order valence-electron chi connectivity index (χ3n) is 4.44. The highest BCUT2D eigenvalue weighted by Gasteiger charge is 2.54. The molecule has 112 valence electrons. The summed E-state index contributed by atoms with van der Waals surface area (Å²) in [6.07, 6.45) is 1.87. The van der Waals surface area contributed by atoms with Crippen molar-refractivity contribution in [2.24, 2.45) is 5.92 Å². The number of nitrogens with one attached hydrogen (secondary N) is 1. The third-order valence-corrected chi connectivity index (χ3v) is 4.79. The molecule has 3 rings (SSSR count). The van der Waals surface area contributed by atoms with Gasteiger partial charge in [-0.3, -0.25) is 9.59 Å². The first-order chi connectivity index (χ1) is 9.92. The number of carbonyl (C=O) groups is 2. The van der Waals surface area contributed by atoms with Gasteiger partial charge in [-0.15, -0.1) is 0 Å². The summed E-state index contributed by atoms with van der Waals surface area (Å²) in [6, 6.07) is 4.09. The van der Waals surface area contributed by atoms with Gasteiger partial charge in [-0.1, -0.05) is 17.7 Å². The minimum Gasteiger partial charge on any atom is -0.345 e. The number of nitrogens with zero attached hydrogens (tertiary/aromatic N) is 1. The highest BCUT2D eigenvalue weighted by Crippen LogP contribution is 2.45. The Balaban J connectivity index is 1.93. The van der Waals surface area contributed by atoms with Crippen LogP contribution in [0.25, 0.3) is 0 Å². The molecule has 1 aromatic rings. The average Bonchev–Trinajstić information content (AvgIpc) is 3.26. The number of halogens is 2. The predicted molar refractivity (Wildman–Crippen MR) is 76.1 cm³/mol. The molecule has 0 radical (unpaired) electrons. The monoisotopic (exact) mass is 310 g/mol. The van der Waals surface area contributed by atoms with Crippen LogP contribution in [0.15, 0.2) is 18.2 Å². The molecule has 6 heteroatoms. The highest BCUT2D eigenvalue weighted by atomic mass is 35.5. The molecule has 1 saturated heterocycles. The summed E-state index contributed by atoms with van der Waals surface area (Å²) in [5.74, 6) is -0.496. The summed E-state index contributed by atoms with van der Waals surface area (Å²) in [5, 5.41) is 2.93. The van der Waals surface area contributed by atoms with Crippen molar-refractivity contribution in [1.82, 2.24) is 10.2 Å². The number of benzene rings is 1. The second-order valence-corrected chi connectivity index (χ2v) is 6.23. The molecular weight excluding hydrogens is 295 g/mol. The van der Waals surface area contributed by atoms with Crippen molar-refractivity contribution in [2.45, 2.75) is 31.8 Å². The molecule has 4 nitrogen and oxygen atoms in total. The van der Waals surface area contributed by atoms with Crippen molar-refractivity contribution < 1.29 is 14.0 Å². The zero-order chi connectivity index (χ0) is 15.2. The first kappa shape index (κ1) is 14.3. The second-order valence-electron chi connectivity index (χ2n) is 5.82. The Labute approximate surface area is 127 Å². The van der Waals surface area contributed by atoms with Gasteiger partial charge >= 0.3 is 0 Å². The molecule has 1 heterocycles. The molecule has 1 saturated carbocycles. The minimum atomic E-state index is -0.840. The van der Waals surface area contributed by atoms with Gasteiger partial charge < -0.3 is 10.2 Å². The summed E-state index contributed by atoms with van der Waals surface area (Å²) in [6.45, 7) is 2.02. The lowest BCUT2D eigenvalue weighted by molar-refractivity contribution is -0.155. The molecule has 0 spiro atoms. The summed E-state index contributed by atoms with van der Waals surface area (Å²) in [5.41, 5.74) is -0.194. The van der Waals surface area contributed by atoms with Crippen molar-refractivity contribution in [3.63, 3.8) is 0 Å². The van der Waals surface area contributed by atoms with Crippen LogP contribution in [-0.4, -0.2) is 28.8 Å². The van der Waals surface area contributed by atoms with Gasteiger partial charge in [-0.05, 0) is 43.4 Å². The molecule has 1 aromatic carbocycles. The SMILES string of the molecule is CC1(C2CC2)C(=O)NCC(=O)N1Cc1ccc(F)cc1Cl. The van der Waals surface area contributed by atoms with Gasteiger partial charge in [-0.25, -0.2) is 4.39 Å². The molecule has 1 N–H and O–H groups in total. The van der Waals surface area contributed by atoms with Crippen LogP contribution in [0.3, 0.4) is 0 Å². The Hall–Kier alpha value is -1.62. The first-order valence-electron chi connectivity index (χ1n) is 6.95. The van der Waals surface area contributed by atoms with E-state index in [9.17, 15) is 14.0 Å². The summed E-state index contributed by atoms with van der Waals surface area (Å²) < 4.78 is 13.1. The lowest BCUT2D eigenvalue weighted by Gasteiger charge is -2.44. The van der Waals surface area contributed by atoms with Gasteiger partial charge in [0.2, 0.25) is 11.8 Å². The lowest BCUT2D eigenvalue weighted by Crippen LogP contribution is -2.66. The molecule has 2 fully saturated rings. The molecule has 2 aliphatic rings. The van der Waals surface area contributed by atoms with Gasteiger partial charge in [-0.2, -0.15) is 0 Å². The molecule has 1 unspecified atom stereocenters. The van der Waals surface area contributed by atoms with Crippen LogP contribution >= 0.6 is 11.6 Å². The Kier molecular flexibility index (Phi) is 3.40. The summed E-state index contributed by atoms with van der Waals surface area (Å²) in [7, 11) is 0. The number of piperazine rings is 1. The topological polar surface area (TPSA) is 49.4 Å². The van der Waals surface area contributed by atoms with Gasteiger partial charge in [0, 0.05) is 11.6 Å². The zero-order valence-corrected chi connectivity index (χ0v) is 12.4. The molecule has 21 heavy (non-hydrogen) atoms. The maximum Gasteiger partial charge on any atom is 0.246 e. The number of amides is 2. The largest absolute Gasteiger partial charge is 0.345 e. The van der Waals surface area contributed by atoms with E-state index in [1.165, 1.54) is 12.1 Å². The van der Waals surface area contributed by atoms with Crippen molar-refractivity contribution >= 4 is 23.4 Å². The average molecular weight is 311 g/mol. The first-order valence-corrected chi connectivity index (χ1v) is 7.33. The van der Waals surface area contributed by atoms with Crippen molar-refractivity contribution in [3.05, 3.63) is 34.6 Å². The van der Waals surface area contributed by atoms with Crippen LogP contribution in [0.4, 0.5) is 4.39 Å². The molecule has 0 bridgehead atoms. The molecule has 1 aliphatic carbocycles. The number of hydrogen-bond donors (Lipinski definition) is 1. The fourth-order valence-electron chi connectivity index (χ4n) is 2.94. The number of hydrogen-bond acceptors (Lipinski definition) is 2. The minimum absolute atomic E-state index is 0.0000426. The van der Waals surface area contributed by atoms with Crippen LogP contribution in [-0.2, 0) is 16.1 Å². The van der Waals surface area contributed by atoms with Gasteiger partial charge in [0.25, 0.3) is 0 Å². The van der Waals surface area contributed by atoms with E-state index >= 15 is 0 Å². The highest BCUT2D eigenvalue weighted by molar-refractivity contribution is 6.31. The molecule has 1 aliphatic heterocycles. The van der Waals surface area contributed by atoms with E-state index in [0.29, 0.717) is 5.56 Å². The Morgan fingerprint density at radius 3 is 2.76 bits per heavy atom. The van der Waals surface area contributed by atoms with Gasteiger partial charge in [0.1, 0.15) is 11.4 Å². The fraction of sp³-hybridized carbons (Fsp3) is 0.467. The standard InChI is InChI=1S/C15H16ClFN2O2/c1-15(10-3-4-10)14(21)18-7-13(20)19(15)8-9-2-5-11(17)6-12(9)16/h2,5-6,10H,3-4,7-8H2,1H3,(H,18,21). The maximum absolute atomic E-state index is 13.1. The van der Waals surface area contributed by atoms with E-state index in [4.69, 9.17) is 11.6 Å². The van der Waals surface area contributed by atoms with Gasteiger partial charge in [0.15, 0.2) is 0 Å². The maximum atomic E-state index is 13.1. The van der Waals surface area contributed by atoms with Crippen molar-refractivity contribution in [2.75, 3.05) is 6.54 Å². The van der Waals surface area contributed by atoms with E-state index in [0.717, 1.165) is 12.8 Å². The Morgan fingerprint density at radius 2 is 2.14 bits per heavy atom. The zero-order valence-electron chi connectivity index (χ0n) is 11.7. The smallest absolute Gasteiger partial charge is 0.246 e. The van der Waals surface area contributed by atoms with Crippen LogP contribution < -0.4 is 5.32 Å². The van der Waals surface area contributed by atoms with E-state index in [1.807, 2.05) is 0 Å². The molecular formula is C15H16ClFN2O2. The van der Waals surface area contributed by atoms with E-state index in [1.54, 1.807) is 17.9 Å². The third kappa shape index (κ3) is 2.39. The van der Waals surface area contributed by atoms with E-state index < -0.39 is 11.4 Å². The quantitative estimate of drug-likeness (QED) is 0.929. The molecule has 2 amide bonds. The van der Waals surface area contributed by atoms with Crippen LogP contribution in [0, 0.1) is 11.7 Å². The van der Waals surface area contributed by atoms with Crippen LogP contribution in [0.1, 0.15) is 25.3 Å². The van der Waals surface area contributed by atoms with E-state index in [2.05, 4.69) is 5.32 Å². The summed E-state index contributed by atoms with van der Waals surface area (Å²) in [4.78, 5) is 26.1.